The summed E-state index contributed by atoms with van der Waals surface area (Å²) in [7, 11) is 1.79. The number of halogens is 3. The zero-order chi connectivity index (χ0) is 14.5. The van der Waals surface area contributed by atoms with Gasteiger partial charge in [-0.25, -0.2) is 0 Å². The molecule has 1 unspecified atom stereocenters. The van der Waals surface area contributed by atoms with Crippen LogP contribution in [0.4, 0.5) is 13.2 Å². The Morgan fingerprint density at radius 2 is 2.21 bits per heavy atom. The number of carbonyl (C=O) groups is 1. The number of hydrogen-bond acceptors (Lipinski definition) is 4. The van der Waals surface area contributed by atoms with Gasteiger partial charge in [0.25, 0.3) is 0 Å². The van der Waals surface area contributed by atoms with Crippen LogP contribution < -0.4 is 10.6 Å². The lowest BCUT2D eigenvalue weighted by atomic mass is 10.3. The predicted octanol–water partition coefficient (Wildman–Crippen LogP) is 0.0142. The first-order valence-electron chi connectivity index (χ1n) is 5.70. The first-order valence-corrected chi connectivity index (χ1v) is 5.70. The van der Waals surface area contributed by atoms with E-state index in [4.69, 9.17) is 0 Å². The molecule has 1 aromatic rings. The minimum Gasteiger partial charge on any atom is -0.346 e. The molecule has 0 saturated carbocycles. The monoisotopic (exact) mass is 279 g/mol. The number of hydrogen-bond donors (Lipinski definition) is 2. The van der Waals surface area contributed by atoms with E-state index in [9.17, 15) is 18.0 Å². The van der Waals surface area contributed by atoms with Crippen LogP contribution in [0.1, 0.15) is 12.7 Å². The molecule has 0 radical (unpaired) electrons. The zero-order valence-electron chi connectivity index (χ0n) is 10.7. The summed E-state index contributed by atoms with van der Waals surface area (Å²) in [5, 5.41) is 12.2. The summed E-state index contributed by atoms with van der Waals surface area (Å²) < 4.78 is 37.5. The van der Waals surface area contributed by atoms with E-state index in [1.807, 2.05) is 5.32 Å². The van der Waals surface area contributed by atoms with Gasteiger partial charge in [0, 0.05) is 20.0 Å². The first-order chi connectivity index (χ1) is 8.79. The highest BCUT2D eigenvalue weighted by atomic mass is 19.4. The van der Waals surface area contributed by atoms with Gasteiger partial charge in [-0.1, -0.05) is 0 Å². The van der Waals surface area contributed by atoms with Gasteiger partial charge in [0.1, 0.15) is 18.7 Å². The third-order valence-electron chi connectivity index (χ3n) is 2.46. The minimum atomic E-state index is -4.39. The van der Waals surface area contributed by atoms with Gasteiger partial charge in [0.05, 0.1) is 6.04 Å². The van der Waals surface area contributed by atoms with Crippen LogP contribution in [0.15, 0.2) is 6.33 Å². The molecule has 0 bridgehead atoms. The van der Waals surface area contributed by atoms with Gasteiger partial charge >= 0.3 is 6.18 Å². The molecule has 0 spiro atoms. The second-order valence-electron chi connectivity index (χ2n) is 4.12. The normalized spacial score (nSPS) is 13.3. The Balaban J connectivity index is 2.25. The summed E-state index contributed by atoms with van der Waals surface area (Å²) in [5.41, 5.74) is 0. The Bertz CT molecular complexity index is 418. The van der Waals surface area contributed by atoms with Crippen LogP contribution in [0.5, 0.6) is 0 Å². The van der Waals surface area contributed by atoms with Gasteiger partial charge in [-0.15, -0.1) is 10.2 Å². The molecule has 6 nitrogen and oxygen atoms in total. The Labute approximate surface area is 108 Å². The van der Waals surface area contributed by atoms with Crippen molar-refractivity contribution in [1.29, 1.82) is 0 Å². The zero-order valence-corrected chi connectivity index (χ0v) is 10.7. The quantitative estimate of drug-likeness (QED) is 0.770. The molecule has 9 heteroatoms. The molecule has 1 amide bonds. The second-order valence-corrected chi connectivity index (χ2v) is 4.12. The van der Waals surface area contributed by atoms with Gasteiger partial charge in [-0.3, -0.25) is 4.79 Å². The number of aryl methyl sites for hydroxylation is 1. The molecule has 108 valence electrons. The summed E-state index contributed by atoms with van der Waals surface area (Å²) in [6, 6.07) is -0.699. The van der Waals surface area contributed by atoms with Crippen molar-refractivity contribution in [3.63, 3.8) is 0 Å². The van der Waals surface area contributed by atoms with Gasteiger partial charge in [-0.2, -0.15) is 13.2 Å². The molecule has 1 rings (SSSR count). The molecule has 0 aliphatic rings. The second kappa shape index (κ2) is 6.50. The van der Waals surface area contributed by atoms with Gasteiger partial charge in [-0.05, 0) is 6.92 Å². The summed E-state index contributed by atoms with van der Waals surface area (Å²) in [4.78, 5) is 11.3. The highest BCUT2D eigenvalue weighted by molar-refractivity contribution is 5.81. The van der Waals surface area contributed by atoms with Gasteiger partial charge in [0.15, 0.2) is 0 Å². The lowest BCUT2D eigenvalue weighted by Crippen LogP contribution is -2.45. The molecule has 0 aliphatic heterocycles. The lowest BCUT2D eigenvalue weighted by Gasteiger charge is -2.14. The van der Waals surface area contributed by atoms with Crippen molar-refractivity contribution in [3.8, 4) is 0 Å². The third-order valence-corrected chi connectivity index (χ3v) is 2.46. The molecule has 1 heterocycles. The van der Waals surface area contributed by atoms with E-state index < -0.39 is 24.7 Å². The molecule has 0 aromatic carbocycles. The number of aromatic nitrogens is 3. The van der Waals surface area contributed by atoms with Crippen molar-refractivity contribution in [2.45, 2.75) is 25.6 Å². The van der Waals surface area contributed by atoms with E-state index in [1.165, 1.54) is 6.92 Å². The molecule has 0 fully saturated rings. The standard InChI is InChI=1S/C10H16F3N5O/c1-7(9(19)15-5-10(11,12)13)14-4-3-8-17-16-6-18(8)2/h6-7,14H,3-5H2,1-2H3,(H,15,19). The highest BCUT2D eigenvalue weighted by Gasteiger charge is 2.28. The maximum atomic E-state index is 11.9. The molecule has 0 aliphatic carbocycles. The van der Waals surface area contributed by atoms with E-state index >= 15 is 0 Å². The van der Waals surface area contributed by atoms with Crippen molar-refractivity contribution in [2.24, 2.45) is 7.05 Å². The number of alkyl halides is 3. The van der Waals surface area contributed by atoms with Crippen molar-refractivity contribution in [2.75, 3.05) is 13.1 Å². The number of amides is 1. The Morgan fingerprint density at radius 1 is 1.53 bits per heavy atom. The average molecular weight is 279 g/mol. The maximum absolute atomic E-state index is 11.9. The maximum Gasteiger partial charge on any atom is 0.405 e. The van der Waals surface area contributed by atoms with Gasteiger partial charge in [0.2, 0.25) is 5.91 Å². The molecule has 0 saturated heterocycles. The molecular formula is C10H16F3N5O. The molecule has 19 heavy (non-hydrogen) atoms. The largest absolute Gasteiger partial charge is 0.405 e. The van der Waals surface area contributed by atoms with E-state index in [0.717, 1.165) is 5.82 Å². The van der Waals surface area contributed by atoms with Crippen molar-refractivity contribution in [1.82, 2.24) is 25.4 Å². The van der Waals surface area contributed by atoms with Crippen LogP contribution in [0.2, 0.25) is 0 Å². The summed E-state index contributed by atoms with van der Waals surface area (Å²) >= 11 is 0. The summed E-state index contributed by atoms with van der Waals surface area (Å²) in [6.07, 6.45) is -2.31. The van der Waals surface area contributed by atoms with E-state index in [1.54, 1.807) is 17.9 Å². The van der Waals surface area contributed by atoms with Gasteiger partial charge < -0.3 is 15.2 Å². The predicted molar refractivity (Wildman–Crippen MR) is 61.2 cm³/mol. The summed E-state index contributed by atoms with van der Waals surface area (Å²) in [6.45, 7) is 0.608. The van der Waals surface area contributed by atoms with Crippen molar-refractivity contribution < 1.29 is 18.0 Å². The smallest absolute Gasteiger partial charge is 0.346 e. The average Bonchev–Trinajstić information content (AvgIpc) is 2.71. The molecule has 1 atom stereocenters. The SMILES string of the molecule is CC(NCCc1nncn1C)C(=O)NCC(F)(F)F. The third kappa shape index (κ3) is 5.69. The Hall–Kier alpha value is -1.64. The molecule has 1 aromatic heterocycles. The Kier molecular flexibility index (Phi) is 5.28. The van der Waals surface area contributed by atoms with Crippen LogP contribution in [0.25, 0.3) is 0 Å². The van der Waals surface area contributed by atoms with Crippen LogP contribution >= 0.6 is 0 Å². The van der Waals surface area contributed by atoms with E-state index in [2.05, 4.69) is 15.5 Å². The van der Waals surface area contributed by atoms with Crippen molar-refractivity contribution >= 4 is 5.91 Å². The van der Waals surface area contributed by atoms with Crippen LogP contribution in [0, 0.1) is 0 Å². The van der Waals surface area contributed by atoms with E-state index in [-0.39, 0.29) is 0 Å². The topological polar surface area (TPSA) is 71.8 Å². The number of rotatable bonds is 6. The highest BCUT2D eigenvalue weighted by Crippen LogP contribution is 2.12. The van der Waals surface area contributed by atoms with Crippen LogP contribution in [-0.4, -0.2) is 46.0 Å². The fraction of sp³-hybridized carbons (Fsp3) is 0.700. The fourth-order valence-corrected chi connectivity index (χ4v) is 1.37. The molecular weight excluding hydrogens is 263 g/mol. The van der Waals surface area contributed by atoms with Crippen LogP contribution in [0.3, 0.4) is 0 Å². The molecule has 2 N–H and O–H groups in total. The fourth-order valence-electron chi connectivity index (χ4n) is 1.37. The number of carbonyl (C=O) groups excluding carboxylic acids is 1. The van der Waals surface area contributed by atoms with E-state index in [0.29, 0.717) is 13.0 Å². The Morgan fingerprint density at radius 3 is 2.74 bits per heavy atom. The van der Waals surface area contributed by atoms with Crippen LogP contribution in [-0.2, 0) is 18.3 Å². The minimum absolute atomic E-state index is 0.424. The number of nitrogens with one attached hydrogen (secondary N) is 2. The number of nitrogens with zero attached hydrogens (tertiary/aromatic N) is 3. The van der Waals surface area contributed by atoms with Crippen molar-refractivity contribution in [3.05, 3.63) is 12.2 Å². The lowest BCUT2D eigenvalue weighted by molar-refractivity contribution is -0.139. The first kappa shape index (κ1) is 15.4. The summed E-state index contributed by atoms with van der Waals surface area (Å²) in [5.74, 6) is 0.0469.